The quantitative estimate of drug-likeness (QED) is 0.0991. The average molecular weight is 586 g/mol. The Bertz CT molecular complexity index is 1950. The van der Waals surface area contributed by atoms with Gasteiger partial charge in [-0.3, -0.25) is 24.3 Å². The first-order valence-electron chi connectivity index (χ1n) is 12.6. The number of furan rings is 1. The van der Waals surface area contributed by atoms with Crippen LogP contribution in [0.2, 0.25) is 0 Å². The number of fused-ring (bicyclic) bond motifs is 1. The van der Waals surface area contributed by atoms with Crippen molar-refractivity contribution < 1.29 is 28.4 Å². The Kier molecular flexibility index (Phi) is 7.80. The molecular formula is C30H23N3O8S. The molecule has 0 aliphatic carbocycles. The smallest absolute Gasteiger partial charge is 0.338 e. The third kappa shape index (κ3) is 5.47. The van der Waals surface area contributed by atoms with Crippen molar-refractivity contribution in [3.8, 4) is 17.1 Å². The number of nitrogens with zero attached hydrogens (tertiary/aromatic N) is 3. The van der Waals surface area contributed by atoms with Crippen LogP contribution in [0.5, 0.6) is 5.75 Å². The monoisotopic (exact) mass is 585 g/mol. The molecule has 0 fully saturated rings. The van der Waals surface area contributed by atoms with E-state index in [1.807, 2.05) is 0 Å². The predicted molar refractivity (Wildman–Crippen MR) is 153 cm³/mol. The van der Waals surface area contributed by atoms with E-state index in [0.717, 1.165) is 11.3 Å². The Morgan fingerprint density at radius 2 is 1.90 bits per heavy atom. The molecule has 1 atom stereocenters. The summed E-state index contributed by atoms with van der Waals surface area (Å²) < 4.78 is 18.0. The molecule has 0 amide bonds. The summed E-state index contributed by atoms with van der Waals surface area (Å²) >= 11 is 1.10. The third-order valence-electron chi connectivity index (χ3n) is 6.30. The molecule has 2 aromatic heterocycles. The van der Waals surface area contributed by atoms with Crippen LogP contribution >= 0.6 is 11.3 Å². The standard InChI is InChI=1S/C30H23N3O8S/c1-4-15-39-29(36)26-17(2)31-30-32(27(26)19-9-11-20(12-10-19)40-18(3)34)28(35)25(42-30)16-21-13-14-24(41-21)22-7-5-6-8-23(22)33(37)38/h4-14,16,27H,1,15H2,2-3H3. The summed E-state index contributed by atoms with van der Waals surface area (Å²) in [5.74, 6) is -0.252. The van der Waals surface area contributed by atoms with Crippen molar-refractivity contribution in [3.05, 3.63) is 126 Å². The van der Waals surface area contributed by atoms with Gasteiger partial charge >= 0.3 is 11.9 Å². The zero-order chi connectivity index (χ0) is 30.0. The van der Waals surface area contributed by atoms with E-state index < -0.39 is 28.5 Å². The van der Waals surface area contributed by atoms with Gasteiger partial charge in [0.1, 0.15) is 23.9 Å². The molecule has 3 heterocycles. The van der Waals surface area contributed by atoms with E-state index in [-0.39, 0.29) is 28.2 Å². The lowest BCUT2D eigenvalue weighted by Crippen LogP contribution is -2.39. The zero-order valence-electron chi connectivity index (χ0n) is 22.4. The minimum absolute atomic E-state index is 0.0292. The Balaban J connectivity index is 1.61. The summed E-state index contributed by atoms with van der Waals surface area (Å²) in [6.45, 7) is 6.49. The van der Waals surface area contributed by atoms with E-state index in [1.54, 1.807) is 61.5 Å². The molecule has 4 aromatic rings. The highest BCUT2D eigenvalue weighted by Crippen LogP contribution is 2.33. The fourth-order valence-corrected chi connectivity index (χ4v) is 5.57. The minimum atomic E-state index is -0.883. The SMILES string of the molecule is C=CCOC(=O)C1=C(C)N=c2sc(=Cc3ccc(-c4ccccc4[N+](=O)[O-])o3)c(=O)n2C1c1ccc(OC(C)=O)cc1. The molecule has 0 saturated carbocycles. The van der Waals surface area contributed by atoms with Crippen LogP contribution in [0.3, 0.4) is 0 Å². The number of carbonyl (C=O) groups excluding carboxylic acids is 2. The highest BCUT2D eigenvalue weighted by Gasteiger charge is 2.33. The minimum Gasteiger partial charge on any atom is -0.458 e. The summed E-state index contributed by atoms with van der Waals surface area (Å²) in [6.07, 6.45) is 2.96. The van der Waals surface area contributed by atoms with Crippen molar-refractivity contribution in [1.82, 2.24) is 4.57 Å². The van der Waals surface area contributed by atoms with Crippen LogP contribution in [0.1, 0.15) is 31.2 Å². The Morgan fingerprint density at radius 3 is 2.60 bits per heavy atom. The van der Waals surface area contributed by atoms with Gasteiger partial charge in [-0.05, 0) is 42.8 Å². The number of hydrogen-bond donors (Lipinski definition) is 0. The van der Waals surface area contributed by atoms with Crippen LogP contribution in [0.4, 0.5) is 5.69 Å². The lowest BCUT2D eigenvalue weighted by atomic mass is 9.96. The van der Waals surface area contributed by atoms with Gasteiger partial charge < -0.3 is 13.9 Å². The normalized spacial score (nSPS) is 14.6. The molecule has 0 radical (unpaired) electrons. The Hall–Kier alpha value is -5.36. The van der Waals surface area contributed by atoms with E-state index in [4.69, 9.17) is 13.9 Å². The average Bonchev–Trinajstić information content (AvgIpc) is 3.55. The third-order valence-corrected chi connectivity index (χ3v) is 7.28. The Morgan fingerprint density at radius 1 is 1.17 bits per heavy atom. The van der Waals surface area contributed by atoms with Crippen molar-refractivity contribution in [2.24, 2.45) is 4.99 Å². The van der Waals surface area contributed by atoms with Crippen LogP contribution in [0.15, 0.2) is 98.8 Å². The summed E-state index contributed by atoms with van der Waals surface area (Å²) in [5, 5.41) is 11.5. The van der Waals surface area contributed by atoms with Gasteiger partial charge in [-0.1, -0.05) is 48.3 Å². The molecular weight excluding hydrogens is 562 g/mol. The highest BCUT2D eigenvalue weighted by molar-refractivity contribution is 7.07. The fraction of sp³-hybridized carbons (Fsp3) is 0.133. The number of nitro groups is 1. The van der Waals surface area contributed by atoms with Crippen LogP contribution < -0.4 is 19.6 Å². The van der Waals surface area contributed by atoms with Gasteiger partial charge in [-0.25, -0.2) is 9.79 Å². The van der Waals surface area contributed by atoms with Gasteiger partial charge in [0.2, 0.25) is 0 Å². The zero-order valence-corrected chi connectivity index (χ0v) is 23.3. The fourth-order valence-electron chi connectivity index (χ4n) is 4.54. The van der Waals surface area contributed by atoms with E-state index in [2.05, 4.69) is 11.6 Å². The molecule has 5 rings (SSSR count). The summed E-state index contributed by atoms with van der Waals surface area (Å²) in [4.78, 5) is 54.2. The number of thiazole rings is 1. The van der Waals surface area contributed by atoms with Crippen molar-refractivity contribution in [3.63, 3.8) is 0 Å². The number of aromatic nitrogens is 1. The number of allylic oxidation sites excluding steroid dienone is 1. The molecule has 1 unspecified atom stereocenters. The maximum atomic E-state index is 13.8. The van der Waals surface area contributed by atoms with E-state index >= 15 is 0 Å². The first kappa shape index (κ1) is 28.2. The summed E-state index contributed by atoms with van der Waals surface area (Å²) in [7, 11) is 0. The van der Waals surface area contributed by atoms with Gasteiger partial charge in [-0.15, -0.1) is 0 Å². The lowest BCUT2D eigenvalue weighted by molar-refractivity contribution is -0.384. The number of benzene rings is 2. The number of nitro benzene ring substituents is 1. The molecule has 0 N–H and O–H groups in total. The number of ether oxygens (including phenoxy) is 2. The van der Waals surface area contributed by atoms with E-state index in [0.29, 0.717) is 33.1 Å². The molecule has 0 bridgehead atoms. The highest BCUT2D eigenvalue weighted by atomic mass is 32.1. The molecule has 12 heteroatoms. The first-order valence-corrected chi connectivity index (χ1v) is 13.4. The second-order valence-corrected chi connectivity index (χ2v) is 10.1. The molecule has 1 aliphatic rings. The van der Waals surface area contributed by atoms with Crippen LogP contribution in [-0.2, 0) is 14.3 Å². The van der Waals surface area contributed by atoms with Crippen LogP contribution in [-0.4, -0.2) is 28.0 Å². The van der Waals surface area contributed by atoms with Crippen molar-refractivity contribution in [2.45, 2.75) is 19.9 Å². The predicted octanol–water partition coefficient (Wildman–Crippen LogP) is 4.06. The topological polar surface area (TPSA) is 143 Å². The molecule has 42 heavy (non-hydrogen) atoms. The van der Waals surface area contributed by atoms with Gasteiger partial charge in [0.05, 0.1) is 32.3 Å². The summed E-state index contributed by atoms with van der Waals surface area (Å²) in [6, 6.07) is 15.0. The maximum absolute atomic E-state index is 13.8. The van der Waals surface area contributed by atoms with Crippen LogP contribution in [0, 0.1) is 10.1 Å². The number of carbonyl (C=O) groups is 2. The van der Waals surface area contributed by atoms with Gasteiger partial charge in [0, 0.05) is 19.1 Å². The second kappa shape index (κ2) is 11.6. The van der Waals surface area contributed by atoms with Crippen LogP contribution in [0.25, 0.3) is 17.4 Å². The molecule has 212 valence electrons. The number of para-hydroxylation sites is 1. The molecule has 0 saturated heterocycles. The van der Waals surface area contributed by atoms with Crippen molar-refractivity contribution in [1.29, 1.82) is 0 Å². The molecule has 1 aliphatic heterocycles. The Labute approximate surface area is 242 Å². The first-order chi connectivity index (χ1) is 20.2. The molecule has 11 nitrogen and oxygen atoms in total. The van der Waals surface area contributed by atoms with Gasteiger partial charge in [-0.2, -0.15) is 0 Å². The van der Waals surface area contributed by atoms with E-state index in [9.17, 15) is 24.5 Å². The van der Waals surface area contributed by atoms with Crippen molar-refractivity contribution >= 4 is 35.0 Å². The van der Waals surface area contributed by atoms with Gasteiger partial charge in [0.15, 0.2) is 4.80 Å². The number of rotatable bonds is 8. The van der Waals surface area contributed by atoms with Gasteiger partial charge in [0.25, 0.3) is 11.2 Å². The van der Waals surface area contributed by atoms with Crippen molar-refractivity contribution in [2.75, 3.05) is 6.61 Å². The number of esters is 2. The largest absolute Gasteiger partial charge is 0.458 e. The summed E-state index contributed by atoms with van der Waals surface area (Å²) in [5.41, 5.74) is 0.881. The molecule has 0 spiro atoms. The second-order valence-electron chi connectivity index (χ2n) is 9.11. The lowest BCUT2D eigenvalue weighted by Gasteiger charge is -2.24. The number of hydrogen-bond acceptors (Lipinski definition) is 10. The maximum Gasteiger partial charge on any atom is 0.338 e. The van der Waals surface area contributed by atoms with E-state index in [1.165, 1.54) is 29.7 Å². The molecule has 2 aromatic carbocycles.